The first-order chi connectivity index (χ1) is 12.2. The second-order valence-electron chi connectivity index (χ2n) is 6.28. The number of ether oxygens (including phenoxy) is 1. The zero-order chi connectivity index (χ0) is 18.9. The van der Waals surface area contributed by atoms with Gasteiger partial charge in [-0.1, -0.05) is 44.2 Å². The number of anilines is 1. The fourth-order valence-electron chi connectivity index (χ4n) is 2.78. The van der Waals surface area contributed by atoms with Crippen LogP contribution < -0.4 is 10.1 Å². The highest BCUT2D eigenvalue weighted by Crippen LogP contribution is 2.31. The zero-order valence-corrected chi connectivity index (χ0v) is 14.2. The summed E-state index contributed by atoms with van der Waals surface area (Å²) in [6.45, 7) is 3.73. The molecule has 1 amide bonds. The Labute approximate surface area is 148 Å². The third-order valence-electron chi connectivity index (χ3n) is 3.95. The molecule has 3 rings (SSSR count). The Morgan fingerprint density at radius 1 is 1.12 bits per heavy atom. The van der Waals surface area contributed by atoms with Gasteiger partial charge in [0.25, 0.3) is 0 Å². The maximum absolute atomic E-state index is 12.6. The molecule has 0 saturated carbocycles. The fourth-order valence-corrected chi connectivity index (χ4v) is 2.78. The number of amides is 1. The second kappa shape index (κ2) is 6.82. The van der Waals surface area contributed by atoms with Crippen molar-refractivity contribution < 1.29 is 22.7 Å². The number of aliphatic imine (C=N–C) groups is 1. The number of carbonyl (C=O) groups excluding carboxylic acids is 1. The maximum Gasteiger partial charge on any atom is 0.573 e. The number of halogens is 3. The summed E-state index contributed by atoms with van der Waals surface area (Å²) in [6, 6.07) is 12.2. The number of rotatable bonds is 3. The predicted molar refractivity (Wildman–Crippen MR) is 92.5 cm³/mol. The van der Waals surface area contributed by atoms with Crippen molar-refractivity contribution in [2.45, 2.75) is 26.3 Å². The standard InChI is InChI=1S/C19H17F3N2O2/c1-11(2)16-18(25)23-15-9-8-13(26-19(20,21)22)10-14(15)17(24-16)12-6-4-3-5-7-12/h3-11,16H,1-2H3,(H,23,25)/t16-/m0/s1. The molecular formula is C19H17F3N2O2. The Morgan fingerprint density at radius 2 is 1.81 bits per heavy atom. The molecule has 0 aromatic heterocycles. The van der Waals surface area contributed by atoms with E-state index in [0.29, 0.717) is 22.5 Å². The molecule has 0 bridgehead atoms. The van der Waals surface area contributed by atoms with Crippen LogP contribution in [-0.2, 0) is 4.79 Å². The van der Waals surface area contributed by atoms with E-state index in [1.807, 2.05) is 19.9 Å². The highest BCUT2D eigenvalue weighted by molar-refractivity contribution is 6.19. The van der Waals surface area contributed by atoms with Crippen LogP contribution in [-0.4, -0.2) is 24.0 Å². The Hall–Kier alpha value is -2.83. The number of nitrogens with zero attached hydrogens (tertiary/aromatic N) is 1. The molecule has 1 aliphatic rings. The van der Waals surface area contributed by atoms with E-state index < -0.39 is 12.4 Å². The third kappa shape index (κ3) is 3.87. The molecule has 0 unspecified atom stereocenters. The highest BCUT2D eigenvalue weighted by Gasteiger charge is 2.33. The van der Waals surface area contributed by atoms with Crippen LogP contribution in [0, 0.1) is 5.92 Å². The van der Waals surface area contributed by atoms with Crippen molar-refractivity contribution in [1.29, 1.82) is 0 Å². The molecule has 0 fully saturated rings. The van der Waals surface area contributed by atoms with E-state index in [1.54, 1.807) is 24.3 Å². The van der Waals surface area contributed by atoms with E-state index in [4.69, 9.17) is 0 Å². The lowest BCUT2D eigenvalue weighted by Crippen LogP contribution is -2.30. The van der Waals surface area contributed by atoms with Gasteiger partial charge >= 0.3 is 6.36 Å². The molecule has 4 nitrogen and oxygen atoms in total. The first-order valence-corrected chi connectivity index (χ1v) is 8.09. The van der Waals surface area contributed by atoms with Gasteiger partial charge in [-0.15, -0.1) is 13.2 Å². The maximum atomic E-state index is 12.6. The quantitative estimate of drug-likeness (QED) is 0.880. The molecule has 1 N–H and O–H groups in total. The average molecular weight is 362 g/mol. The van der Waals surface area contributed by atoms with Crippen molar-refractivity contribution in [3.8, 4) is 5.75 Å². The van der Waals surface area contributed by atoms with E-state index in [0.717, 1.165) is 0 Å². The summed E-state index contributed by atoms with van der Waals surface area (Å²) in [7, 11) is 0. The molecule has 7 heteroatoms. The molecule has 2 aromatic rings. The van der Waals surface area contributed by atoms with Gasteiger partial charge in [-0.25, -0.2) is 0 Å². The number of benzodiazepines with no additional fused rings is 1. The summed E-state index contributed by atoms with van der Waals surface area (Å²) >= 11 is 0. The number of fused-ring (bicyclic) bond motifs is 1. The van der Waals surface area contributed by atoms with Crippen LogP contribution in [0.25, 0.3) is 0 Å². The molecule has 2 aromatic carbocycles. The van der Waals surface area contributed by atoms with Crippen LogP contribution >= 0.6 is 0 Å². The van der Waals surface area contributed by atoms with Crippen LogP contribution in [0.3, 0.4) is 0 Å². The number of hydrogen-bond donors (Lipinski definition) is 1. The van der Waals surface area contributed by atoms with E-state index in [-0.39, 0.29) is 17.6 Å². The molecular weight excluding hydrogens is 345 g/mol. The van der Waals surface area contributed by atoms with Crippen molar-refractivity contribution in [3.05, 3.63) is 59.7 Å². The minimum Gasteiger partial charge on any atom is -0.406 e. The minimum absolute atomic E-state index is 0.0751. The topological polar surface area (TPSA) is 50.7 Å². The number of carbonyl (C=O) groups is 1. The molecule has 0 saturated heterocycles. The van der Waals surface area contributed by atoms with Gasteiger partial charge in [-0.3, -0.25) is 9.79 Å². The van der Waals surface area contributed by atoms with Gasteiger partial charge in [0, 0.05) is 11.1 Å². The molecule has 1 atom stereocenters. The summed E-state index contributed by atoms with van der Waals surface area (Å²) in [5.41, 5.74) is 1.94. The largest absolute Gasteiger partial charge is 0.573 e. The summed E-state index contributed by atoms with van der Waals surface area (Å²) < 4.78 is 41.8. The van der Waals surface area contributed by atoms with Crippen LogP contribution in [0.5, 0.6) is 5.75 Å². The van der Waals surface area contributed by atoms with Crippen molar-refractivity contribution in [2.75, 3.05) is 5.32 Å². The van der Waals surface area contributed by atoms with Gasteiger partial charge in [0.2, 0.25) is 5.91 Å². The van der Waals surface area contributed by atoms with Crippen LogP contribution in [0.15, 0.2) is 53.5 Å². The number of nitrogens with one attached hydrogen (secondary N) is 1. The number of benzene rings is 2. The lowest BCUT2D eigenvalue weighted by molar-refractivity contribution is -0.274. The normalized spacial score (nSPS) is 17.2. The Morgan fingerprint density at radius 3 is 2.42 bits per heavy atom. The first kappa shape index (κ1) is 18.0. The van der Waals surface area contributed by atoms with Crippen molar-refractivity contribution in [1.82, 2.24) is 0 Å². The lowest BCUT2D eigenvalue weighted by Gasteiger charge is -2.14. The Bertz CT molecular complexity index is 846. The molecule has 136 valence electrons. The summed E-state index contributed by atoms with van der Waals surface area (Å²) in [5.74, 6) is -0.734. The van der Waals surface area contributed by atoms with E-state index in [9.17, 15) is 18.0 Å². The summed E-state index contributed by atoms with van der Waals surface area (Å²) in [5, 5.41) is 2.75. The number of hydrogen-bond acceptors (Lipinski definition) is 3. The van der Waals surface area contributed by atoms with Gasteiger partial charge in [0.1, 0.15) is 11.8 Å². The van der Waals surface area contributed by atoms with E-state index in [1.165, 1.54) is 18.2 Å². The van der Waals surface area contributed by atoms with Crippen molar-refractivity contribution in [3.63, 3.8) is 0 Å². The Kier molecular flexibility index (Phi) is 4.71. The van der Waals surface area contributed by atoms with Gasteiger partial charge < -0.3 is 10.1 Å². The monoisotopic (exact) mass is 362 g/mol. The minimum atomic E-state index is -4.80. The molecule has 1 aliphatic heterocycles. The van der Waals surface area contributed by atoms with Crippen molar-refractivity contribution in [2.24, 2.45) is 10.9 Å². The molecule has 26 heavy (non-hydrogen) atoms. The fraction of sp³-hybridized carbons (Fsp3) is 0.263. The molecule has 0 radical (unpaired) electrons. The SMILES string of the molecule is CC(C)[C@@H]1N=C(c2ccccc2)c2cc(OC(F)(F)F)ccc2NC1=O. The Balaban J connectivity index is 2.17. The predicted octanol–water partition coefficient (Wildman–Crippen LogP) is 4.40. The van der Waals surface area contributed by atoms with Gasteiger partial charge in [-0.2, -0.15) is 0 Å². The van der Waals surface area contributed by atoms with Gasteiger partial charge in [-0.05, 0) is 24.1 Å². The summed E-state index contributed by atoms with van der Waals surface area (Å²) in [6.07, 6.45) is -4.80. The first-order valence-electron chi connectivity index (χ1n) is 8.09. The summed E-state index contributed by atoms with van der Waals surface area (Å²) in [4.78, 5) is 17.1. The molecule has 0 spiro atoms. The zero-order valence-electron chi connectivity index (χ0n) is 14.2. The highest BCUT2D eigenvalue weighted by atomic mass is 19.4. The van der Waals surface area contributed by atoms with Crippen molar-refractivity contribution >= 4 is 17.3 Å². The van der Waals surface area contributed by atoms with Gasteiger partial charge in [0.05, 0.1) is 11.4 Å². The molecule has 0 aliphatic carbocycles. The van der Waals surface area contributed by atoms with E-state index >= 15 is 0 Å². The van der Waals surface area contributed by atoms with Crippen LogP contribution in [0.2, 0.25) is 0 Å². The smallest absolute Gasteiger partial charge is 0.406 e. The third-order valence-corrected chi connectivity index (χ3v) is 3.95. The van der Waals surface area contributed by atoms with Gasteiger partial charge in [0.15, 0.2) is 0 Å². The number of alkyl halides is 3. The second-order valence-corrected chi connectivity index (χ2v) is 6.28. The van der Waals surface area contributed by atoms with E-state index in [2.05, 4.69) is 15.0 Å². The average Bonchev–Trinajstić information content (AvgIpc) is 2.70. The van der Waals surface area contributed by atoms with Crippen LogP contribution in [0.1, 0.15) is 25.0 Å². The lowest BCUT2D eigenvalue weighted by atomic mass is 9.99. The van der Waals surface area contributed by atoms with Crippen LogP contribution in [0.4, 0.5) is 18.9 Å². The molecule has 1 heterocycles.